The first-order valence-corrected chi connectivity index (χ1v) is 8.98. The van der Waals surface area contributed by atoms with E-state index in [4.69, 9.17) is 0 Å². The van der Waals surface area contributed by atoms with Crippen LogP contribution in [0.25, 0.3) is 0 Å². The summed E-state index contributed by atoms with van der Waals surface area (Å²) < 4.78 is 17.9. The third-order valence-electron chi connectivity index (χ3n) is 4.59. The van der Waals surface area contributed by atoms with Crippen LogP contribution in [0.4, 0.5) is 4.39 Å². The van der Waals surface area contributed by atoms with Gasteiger partial charge in [0.25, 0.3) is 5.91 Å². The zero-order valence-electron chi connectivity index (χ0n) is 13.9. The van der Waals surface area contributed by atoms with E-state index in [1.54, 1.807) is 6.07 Å². The molecule has 0 saturated carbocycles. The fraction of sp³-hybridized carbons (Fsp3) is 0.471. The van der Waals surface area contributed by atoms with Gasteiger partial charge in [0.1, 0.15) is 10.7 Å². The molecular formula is C17H21FN4OS. The molecule has 2 heterocycles. The topological polar surface area (TPSA) is 49.3 Å². The maximum atomic E-state index is 14.0. The molecule has 1 aromatic carbocycles. The van der Waals surface area contributed by atoms with Gasteiger partial charge in [-0.05, 0) is 30.9 Å². The highest BCUT2D eigenvalue weighted by atomic mass is 32.1. The van der Waals surface area contributed by atoms with E-state index in [2.05, 4.69) is 14.5 Å². The Morgan fingerprint density at radius 2 is 2.00 bits per heavy atom. The predicted octanol–water partition coefficient (Wildman–Crippen LogP) is 2.76. The van der Waals surface area contributed by atoms with Crippen LogP contribution in [-0.4, -0.2) is 51.5 Å². The van der Waals surface area contributed by atoms with Crippen molar-refractivity contribution >= 4 is 17.4 Å². The summed E-state index contributed by atoms with van der Waals surface area (Å²) in [6.07, 6.45) is 0.710. The van der Waals surface area contributed by atoms with E-state index in [0.717, 1.165) is 18.8 Å². The molecule has 1 aliphatic heterocycles. The molecule has 1 amide bonds. The van der Waals surface area contributed by atoms with E-state index < -0.39 is 0 Å². The van der Waals surface area contributed by atoms with Crippen molar-refractivity contribution in [1.82, 2.24) is 19.4 Å². The second kappa shape index (κ2) is 7.36. The van der Waals surface area contributed by atoms with E-state index in [1.165, 1.54) is 17.6 Å². The first kappa shape index (κ1) is 17.0. The van der Waals surface area contributed by atoms with Crippen LogP contribution in [0.5, 0.6) is 0 Å². The highest BCUT2D eigenvalue weighted by molar-refractivity contribution is 7.08. The molecule has 3 rings (SSSR count). The van der Waals surface area contributed by atoms with E-state index in [-0.39, 0.29) is 17.8 Å². The molecule has 1 aliphatic rings. The lowest BCUT2D eigenvalue weighted by molar-refractivity contribution is 0.0582. The smallest absolute Gasteiger partial charge is 0.267 e. The van der Waals surface area contributed by atoms with E-state index in [9.17, 15) is 9.18 Å². The molecule has 128 valence electrons. The van der Waals surface area contributed by atoms with Crippen LogP contribution >= 0.6 is 11.5 Å². The number of piperazine rings is 1. The molecule has 1 saturated heterocycles. The second-order valence-electron chi connectivity index (χ2n) is 5.93. The Bertz CT molecular complexity index is 712. The Kier molecular flexibility index (Phi) is 5.20. The number of nitrogens with zero attached hydrogens (tertiary/aromatic N) is 4. The first-order chi connectivity index (χ1) is 11.6. The lowest BCUT2D eigenvalue weighted by Gasteiger charge is -2.38. The van der Waals surface area contributed by atoms with Gasteiger partial charge in [0.05, 0.1) is 5.69 Å². The lowest BCUT2D eigenvalue weighted by Crippen LogP contribution is -2.49. The van der Waals surface area contributed by atoms with Crippen molar-refractivity contribution < 1.29 is 9.18 Å². The van der Waals surface area contributed by atoms with Gasteiger partial charge in [-0.1, -0.05) is 29.6 Å². The van der Waals surface area contributed by atoms with E-state index in [1.807, 2.05) is 30.9 Å². The number of aryl methyl sites for hydroxylation is 1. The van der Waals surface area contributed by atoms with Gasteiger partial charge in [0.2, 0.25) is 0 Å². The fourth-order valence-corrected chi connectivity index (χ4v) is 3.79. The number of hydrogen-bond donors (Lipinski definition) is 0. The monoisotopic (exact) mass is 348 g/mol. The van der Waals surface area contributed by atoms with Crippen LogP contribution in [-0.2, 0) is 6.42 Å². The average molecular weight is 348 g/mol. The standard InChI is InChI=1S/C17H21FN4OS/c1-3-15-16(24-20-19-15)17(23)22-10-8-21(9-11-22)12(2)13-6-4-5-7-14(13)18/h4-7,12H,3,8-11H2,1-2H3/t12-/m0/s1. The van der Waals surface area contributed by atoms with Crippen LogP contribution in [0.15, 0.2) is 24.3 Å². The summed E-state index contributed by atoms with van der Waals surface area (Å²) in [5.74, 6) is -0.160. The zero-order valence-corrected chi connectivity index (χ0v) is 14.7. The lowest BCUT2D eigenvalue weighted by atomic mass is 10.1. The van der Waals surface area contributed by atoms with Crippen molar-refractivity contribution in [2.75, 3.05) is 26.2 Å². The third-order valence-corrected chi connectivity index (χ3v) is 5.35. The van der Waals surface area contributed by atoms with E-state index >= 15 is 0 Å². The SMILES string of the molecule is CCc1nnsc1C(=O)N1CCN([C@@H](C)c2ccccc2F)CC1. The van der Waals surface area contributed by atoms with Gasteiger partial charge in [0, 0.05) is 37.8 Å². The van der Waals surface area contributed by atoms with Crippen LogP contribution in [0.2, 0.25) is 0 Å². The number of carbonyl (C=O) groups excluding carboxylic acids is 1. The van der Waals surface area contributed by atoms with Gasteiger partial charge < -0.3 is 4.90 Å². The number of carbonyl (C=O) groups is 1. The third kappa shape index (κ3) is 3.32. The Morgan fingerprint density at radius 1 is 1.29 bits per heavy atom. The molecule has 5 nitrogen and oxygen atoms in total. The molecule has 0 spiro atoms. The number of rotatable bonds is 4. The average Bonchev–Trinajstić information content (AvgIpc) is 3.10. The van der Waals surface area contributed by atoms with Crippen molar-refractivity contribution in [3.8, 4) is 0 Å². The predicted molar refractivity (Wildman–Crippen MR) is 91.6 cm³/mol. The van der Waals surface area contributed by atoms with Crippen LogP contribution < -0.4 is 0 Å². The molecule has 2 aromatic rings. The maximum Gasteiger partial charge on any atom is 0.267 e. The minimum Gasteiger partial charge on any atom is -0.335 e. The van der Waals surface area contributed by atoms with Gasteiger partial charge >= 0.3 is 0 Å². The van der Waals surface area contributed by atoms with Gasteiger partial charge in [-0.25, -0.2) is 4.39 Å². The van der Waals surface area contributed by atoms with Crippen molar-refractivity contribution in [2.45, 2.75) is 26.3 Å². The largest absolute Gasteiger partial charge is 0.335 e. The van der Waals surface area contributed by atoms with Crippen molar-refractivity contribution in [3.05, 3.63) is 46.2 Å². The summed E-state index contributed by atoms with van der Waals surface area (Å²) in [5.41, 5.74) is 1.48. The molecule has 1 fully saturated rings. The highest BCUT2D eigenvalue weighted by Gasteiger charge is 2.28. The summed E-state index contributed by atoms with van der Waals surface area (Å²) in [7, 11) is 0. The number of amides is 1. The molecular weight excluding hydrogens is 327 g/mol. The molecule has 24 heavy (non-hydrogen) atoms. The zero-order chi connectivity index (χ0) is 17.1. The molecule has 0 bridgehead atoms. The molecule has 1 aromatic heterocycles. The van der Waals surface area contributed by atoms with Gasteiger partial charge in [-0.15, -0.1) is 5.10 Å². The van der Waals surface area contributed by atoms with Gasteiger partial charge in [-0.2, -0.15) is 0 Å². The first-order valence-electron chi connectivity index (χ1n) is 8.20. The van der Waals surface area contributed by atoms with Gasteiger partial charge in [0.15, 0.2) is 0 Å². The Labute approximate surface area is 145 Å². The molecule has 7 heteroatoms. The van der Waals surface area contributed by atoms with Crippen molar-refractivity contribution in [2.24, 2.45) is 0 Å². The van der Waals surface area contributed by atoms with Crippen LogP contribution in [0.1, 0.15) is 40.8 Å². The molecule has 0 aliphatic carbocycles. The minimum atomic E-state index is -0.174. The number of halogens is 1. The fourth-order valence-electron chi connectivity index (χ4n) is 3.07. The Balaban J connectivity index is 1.64. The normalized spacial score (nSPS) is 17.0. The quantitative estimate of drug-likeness (QED) is 0.852. The summed E-state index contributed by atoms with van der Waals surface area (Å²) in [6, 6.07) is 6.89. The number of aromatic nitrogens is 2. The molecule has 0 unspecified atom stereocenters. The maximum absolute atomic E-state index is 14.0. The Hall–Kier alpha value is -1.86. The minimum absolute atomic E-state index is 0.000254. The summed E-state index contributed by atoms with van der Waals surface area (Å²) in [6.45, 7) is 6.72. The van der Waals surface area contributed by atoms with E-state index in [0.29, 0.717) is 30.0 Å². The number of hydrogen-bond acceptors (Lipinski definition) is 5. The molecule has 0 radical (unpaired) electrons. The van der Waals surface area contributed by atoms with Crippen molar-refractivity contribution in [3.63, 3.8) is 0 Å². The molecule has 0 N–H and O–H groups in total. The van der Waals surface area contributed by atoms with Crippen LogP contribution in [0, 0.1) is 5.82 Å². The summed E-state index contributed by atoms with van der Waals surface area (Å²) >= 11 is 1.17. The summed E-state index contributed by atoms with van der Waals surface area (Å²) in [5, 5.41) is 4.01. The highest BCUT2D eigenvalue weighted by Crippen LogP contribution is 2.24. The van der Waals surface area contributed by atoms with Crippen molar-refractivity contribution in [1.29, 1.82) is 0 Å². The summed E-state index contributed by atoms with van der Waals surface area (Å²) in [4.78, 5) is 17.3. The number of benzene rings is 1. The Morgan fingerprint density at radius 3 is 2.67 bits per heavy atom. The molecule has 1 atom stereocenters. The second-order valence-corrected chi connectivity index (χ2v) is 6.68. The van der Waals surface area contributed by atoms with Crippen LogP contribution in [0.3, 0.4) is 0 Å². The van der Waals surface area contributed by atoms with Gasteiger partial charge in [-0.3, -0.25) is 9.69 Å².